The van der Waals surface area contributed by atoms with Crippen molar-refractivity contribution in [3.63, 3.8) is 0 Å². The van der Waals surface area contributed by atoms with Gasteiger partial charge in [-0.3, -0.25) is 9.59 Å². The third-order valence-corrected chi connectivity index (χ3v) is 1.63. The van der Waals surface area contributed by atoms with Crippen LogP contribution < -0.4 is 10.6 Å². The minimum atomic E-state index is -0.303. The molecule has 0 aliphatic heterocycles. The van der Waals surface area contributed by atoms with Crippen molar-refractivity contribution < 1.29 is 19.1 Å². The molecular formula is C10H20N2O4. The molecule has 0 saturated heterocycles. The molecule has 0 spiro atoms. The zero-order valence-electron chi connectivity index (χ0n) is 9.88. The number of carbonyl (C=O) groups is 2. The molecule has 16 heavy (non-hydrogen) atoms. The first-order valence-corrected chi connectivity index (χ1v) is 5.39. The molecule has 94 valence electrons. The van der Waals surface area contributed by atoms with Crippen molar-refractivity contribution in [2.75, 3.05) is 39.5 Å². The summed E-state index contributed by atoms with van der Waals surface area (Å²) in [6.07, 6.45) is 0. The molecule has 6 nitrogen and oxygen atoms in total. The van der Waals surface area contributed by atoms with Crippen LogP contribution in [0.5, 0.6) is 0 Å². The van der Waals surface area contributed by atoms with E-state index in [0.29, 0.717) is 26.4 Å². The molecule has 2 N–H and O–H groups in total. The molecule has 0 radical (unpaired) electrons. The Bertz CT molecular complexity index is 209. The number of nitrogens with one attached hydrogen (secondary N) is 2. The Morgan fingerprint density at radius 1 is 1.00 bits per heavy atom. The SMILES string of the molecule is CCNC(=O)CNC(=O)COCCOCC. The predicted molar refractivity (Wildman–Crippen MR) is 59.0 cm³/mol. The van der Waals surface area contributed by atoms with E-state index in [2.05, 4.69) is 10.6 Å². The number of hydrogen-bond acceptors (Lipinski definition) is 4. The molecule has 0 heterocycles. The first-order chi connectivity index (χ1) is 7.70. The first kappa shape index (κ1) is 14.9. The average molecular weight is 232 g/mol. The summed E-state index contributed by atoms with van der Waals surface area (Å²) in [6, 6.07) is 0. The number of ether oxygens (including phenoxy) is 2. The van der Waals surface area contributed by atoms with Gasteiger partial charge in [-0.25, -0.2) is 0 Å². The van der Waals surface area contributed by atoms with Gasteiger partial charge in [0.25, 0.3) is 0 Å². The molecule has 0 fully saturated rings. The minimum Gasteiger partial charge on any atom is -0.379 e. The molecule has 0 atom stereocenters. The molecule has 0 bridgehead atoms. The van der Waals surface area contributed by atoms with Crippen LogP contribution in [0.15, 0.2) is 0 Å². The van der Waals surface area contributed by atoms with Crippen LogP contribution in [0.4, 0.5) is 0 Å². The summed E-state index contributed by atoms with van der Waals surface area (Å²) >= 11 is 0. The maximum absolute atomic E-state index is 11.1. The molecule has 0 rings (SSSR count). The van der Waals surface area contributed by atoms with Gasteiger partial charge >= 0.3 is 0 Å². The standard InChI is InChI=1S/C10H20N2O4/c1-3-11-9(13)7-12-10(14)8-16-6-5-15-4-2/h3-8H2,1-2H3,(H,11,13)(H,12,14). The molecule has 0 aromatic carbocycles. The van der Waals surface area contributed by atoms with Gasteiger partial charge < -0.3 is 20.1 Å². The van der Waals surface area contributed by atoms with E-state index < -0.39 is 0 Å². The van der Waals surface area contributed by atoms with E-state index in [4.69, 9.17) is 9.47 Å². The molecular weight excluding hydrogens is 212 g/mol. The van der Waals surface area contributed by atoms with Crippen molar-refractivity contribution in [2.45, 2.75) is 13.8 Å². The van der Waals surface area contributed by atoms with Gasteiger partial charge in [-0.05, 0) is 13.8 Å². The Labute approximate surface area is 95.7 Å². The van der Waals surface area contributed by atoms with Crippen molar-refractivity contribution in [1.82, 2.24) is 10.6 Å². The van der Waals surface area contributed by atoms with E-state index in [0.717, 1.165) is 0 Å². The molecule has 0 aromatic rings. The maximum Gasteiger partial charge on any atom is 0.246 e. The Morgan fingerprint density at radius 3 is 2.31 bits per heavy atom. The van der Waals surface area contributed by atoms with E-state index in [-0.39, 0.29) is 25.0 Å². The third-order valence-electron chi connectivity index (χ3n) is 1.63. The fraction of sp³-hybridized carbons (Fsp3) is 0.800. The quantitative estimate of drug-likeness (QED) is 0.515. The van der Waals surface area contributed by atoms with Crippen LogP contribution in [0.2, 0.25) is 0 Å². The van der Waals surface area contributed by atoms with E-state index in [1.54, 1.807) is 0 Å². The summed E-state index contributed by atoms with van der Waals surface area (Å²) in [4.78, 5) is 22.1. The van der Waals surface area contributed by atoms with Gasteiger partial charge in [-0.15, -0.1) is 0 Å². The van der Waals surface area contributed by atoms with Crippen molar-refractivity contribution in [3.8, 4) is 0 Å². The minimum absolute atomic E-state index is 0.0124. The van der Waals surface area contributed by atoms with Gasteiger partial charge in [0.15, 0.2) is 0 Å². The number of hydrogen-bond donors (Lipinski definition) is 2. The van der Waals surface area contributed by atoms with Crippen LogP contribution in [-0.2, 0) is 19.1 Å². The summed E-state index contributed by atoms with van der Waals surface area (Å²) < 4.78 is 10.0. The lowest BCUT2D eigenvalue weighted by Gasteiger charge is -2.06. The summed E-state index contributed by atoms with van der Waals surface area (Å²) in [5, 5.41) is 5.01. The highest BCUT2D eigenvalue weighted by atomic mass is 16.5. The highest BCUT2D eigenvalue weighted by Crippen LogP contribution is 1.78. The predicted octanol–water partition coefficient (Wildman–Crippen LogP) is -0.708. The second-order valence-corrected chi connectivity index (χ2v) is 2.98. The summed E-state index contributed by atoms with van der Waals surface area (Å²) in [7, 11) is 0. The highest BCUT2D eigenvalue weighted by molar-refractivity contribution is 5.85. The number of amides is 2. The second kappa shape index (κ2) is 10.4. The van der Waals surface area contributed by atoms with Crippen LogP contribution in [0.25, 0.3) is 0 Å². The fourth-order valence-electron chi connectivity index (χ4n) is 0.917. The van der Waals surface area contributed by atoms with E-state index >= 15 is 0 Å². The molecule has 0 aliphatic carbocycles. The van der Waals surface area contributed by atoms with Crippen molar-refractivity contribution in [3.05, 3.63) is 0 Å². The zero-order valence-corrected chi connectivity index (χ0v) is 9.88. The van der Waals surface area contributed by atoms with Crippen LogP contribution in [0.3, 0.4) is 0 Å². The van der Waals surface area contributed by atoms with Gasteiger partial charge in [0, 0.05) is 13.2 Å². The third kappa shape index (κ3) is 9.42. The summed E-state index contributed by atoms with van der Waals surface area (Å²) in [5.41, 5.74) is 0. The normalized spacial score (nSPS) is 9.88. The number of carbonyl (C=O) groups excluding carboxylic acids is 2. The van der Waals surface area contributed by atoms with Crippen LogP contribution in [0, 0.1) is 0 Å². The Balaban J connectivity index is 3.34. The second-order valence-electron chi connectivity index (χ2n) is 2.98. The lowest BCUT2D eigenvalue weighted by Crippen LogP contribution is -2.38. The van der Waals surface area contributed by atoms with E-state index in [1.807, 2.05) is 13.8 Å². The lowest BCUT2D eigenvalue weighted by molar-refractivity contribution is -0.129. The molecule has 2 amide bonds. The van der Waals surface area contributed by atoms with Gasteiger partial charge in [-0.2, -0.15) is 0 Å². The molecule has 0 unspecified atom stereocenters. The molecule has 6 heteroatoms. The average Bonchev–Trinajstić information content (AvgIpc) is 2.26. The first-order valence-electron chi connectivity index (χ1n) is 5.39. The molecule has 0 saturated carbocycles. The lowest BCUT2D eigenvalue weighted by atomic mass is 10.5. The Hall–Kier alpha value is -1.14. The Kier molecular flexibility index (Phi) is 9.64. The molecule has 0 aromatic heterocycles. The topological polar surface area (TPSA) is 76.7 Å². The van der Waals surface area contributed by atoms with Gasteiger partial charge in [0.1, 0.15) is 6.61 Å². The number of likely N-dealkylation sites (N-methyl/N-ethyl adjacent to an activating group) is 1. The highest BCUT2D eigenvalue weighted by Gasteiger charge is 2.04. The largest absolute Gasteiger partial charge is 0.379 e. The van der Waals surface area contributed by atoms with Gasteiger partial charge in [0.2, 0.25) is 11.8 Å². The van der Waals surface area contributed by atoms with Gasteiger partial charge in [-0.1, -0.05) is 0 Å². The summed E-state index contributed by atoms with van der Waals surface area (Å²) in [6.45, 7) is 5.68. The summed E-state index contributed by atoms with van der Waals surface area (Å²) in [5.74, 6) is -0.507. The smallest absolute Gasteiger partial charge is 0.246 e. The van der Waals surface area contributed by atoms with Crippen molar-refractivity contribution >= 4 is 11.8 Å². The Morgan fingerprint density at radius 2 is 1.69 bits per heavy atom. The van der Waals surface area contributed by atoms with Crippen LogP contribution in [-0.4, -0.2) is 51.3 Å². The van der Waals surface area contributed by atoms with Gasteiger partial charge in [0.05, 0.1) is 19.8 Å². The van der Waals surface area contributed by atoms with E-state index in [1.165, 1.54) is 0 Å². The number of rotatable bonds is 9. The van der Waals surface area contributed by atoms with Crippen molar-refractivity contribution in [2.24, 2.45) is 0 Å². The maximum atomic E-state index is 11.1. The van der Waals surface area contributed by atoms with E-state index in [9.17, 15) is 9.59 Å². The van der Waals surface area contributed by atoms with Crippen LogP contribution >= 0.6 is 0 Å². The van der Waals surface area contributed by atoms with Crippen molar-refractivity contribution in [1.29, 1.82) is 0 Å². The molecule has 0 aliphatic rings. The zero-order chi connectivity index (χ0) is 12.2. The monoisotopic (exact) mass is 232 g/mol. The van der Waals surface area contributed by atoms with Crippen LogP contribution in [0.1, 0.15) is 13.8 Å². The fourth-order valence-corrected chi connectivity index (χ4v) is 0.917.